The zero-order chi connectivity index (χ0) is 11.3. The number of aromatic carboxylic acids is 1. The van der Waals surface area contributed by atoms with Gasteiger partial charge in [0.15, 0.2) is 0 Å². The van der Waals surface area contributed by atoms with Crippen LogP contribution in [0.1, 0.15) is 10.4 Å². The molecule has 1 unspecified atom stereocenters. The molecule has 1 aromatic rings. The molecule has 0 aliphatic heterocycles. The average Bonchev–Trinajstić information content (AvgIpc) is 2.26. The lowest BCUT2D eigenvalue weighted by molar-refractivity contribution is 0.0697. The first-order valence-electron chi connectivity index (χ1n) is 4.35. The number of hydrogen-bond acceptors (Lipinski definition) is 5. The molecule has 1 aromatic heterocycles. The number of anilines is 1. The van der Waals surface area contributed by atoms with E-state index in [2.05, 4.69) is 10.3 Å². The van der Waals surface area contributed by atoms with Crippen LogP contribution in [0.25, 0.3) is 0 Å². The SMILES string of the molecule is O=C(O)c1cnccc1NCC(O)CO. The van der Waals surface area contributed by atoms with Gasteiger partial charge in [-0.1, -0.05) is 0 Å². The summed E-state index contributed by atoms with van der Waals surface area (Å²) in [7, 11) is 0. The summed E-state index contributed by atoms with van der Waals surface area (Å²) >= 11 is 0. The van der Waals surface area contributed by atoms with E-state index < -0.39 is 12.1 Å². The van der Waals surface area contributed by atoms with E-state index >= 15 is 0 Å². The summed E-state index contributed by atoms with van der Waals surface area (Å²) in [4.78, 5) is 14.4. The van der Waals surface area contributed by atoms with Gasteiger partial charge < -0.3 is 20.6 Å². The van der Waals surface area contributed by atoms with Crippen molar-refractivity contribution >= 4 is 11.7 Å². The van der Waals surface area contributed by atoms with Gasteiger partial charge in [0.1, 0.15) is 5.56 Å². The van der Waals surface area contributed by atoms with E-state index in [1.807, 2.05) is 0 Å². The molecule has 4 N–H and O–H groups in total. The Morgan fingerprint density at radius 1 is 1.60 bits per heavy atom. The molecule has 1 heterocycles. The van der Waals surface area contributed by atoms with Crippen LogP contribution >= 0.6 is 0 Å². The number of aliphatic hydroxyl groups excluding tert-OH is 2. The summed E-state index contributed by atoms with van der Waals surface area (Å²) in [5, 5.41) is 29.2. The first kappa shape index (κ1) is 11.4. The molecule has 0 bridgehead atoms. The monoisotopic (exact) mass is 212 g/mol. The predicted molar refractivity (Wildman–Crippen MR) is 52.8 cm³/mol. The molecule has 0 saturated heterocycles. The van der Waals surface area contributed by atoms with Gasteiger partial charge in [0, 0.05) is 18.9 Å². The van der Waals surface area contributed by atoms with Crippen molar-refractivity contribution in [3.63, 3.8) is 0 Å². The second-order valence-electron chi connectivity index (χ2n) is 2.94. The molecule has 0 fully saturated rings. The largest absolute Gasteiger partial charge is 0.478 e. The van der Waals surface area contributed by atoms with Gasteiger partial charge in [0.05, 0.1) is 18.4 Å². The van der Waals surface area contributed by atoms with Crippen LogP contribution in [0.3, 0.4) is 0 Å². The number of aliphatic hydroxyl groups is 2. The molecule has 15 heavy (non-hydrogen) atoms. The Bertz CT molecular complexity index is 343. The highest BCUT2D eigenvalue weighted by molar-refractivity contribution is 5.93. The Hall–Kier alpha value is -1.66. The second kappa shape index (κ2) is 5.28. The lowest BCUT2D eigenvalue weighted by Gasteiger charge is -2.11. The zero-order valence-electron chi connectivity index (χ0n) is 7.92. The van der Waals surface area contributed by atoms with Gasteiger partial charge in [0.25, 0.3) is 0 Å². The Kier molecular flexibility index (Phi) is 4.02. The van der Waals surface area contributed by atoms with Crippen molar-refractivity contribution in [1.82, 2.24) is 4.98 Å². The molecule has 0 spiro atoms. The van der Waals surface area contributed by atoms with E-state index in [0.717, 1.165) is 0 Å². The third-order valence-electron chi connectivity index (χ3n) is 1.79. The highest BCUT2D eigenvalue weighted by Crippen LogP contribution is 2.12. The summed E-state index contributed by atoms with van der Waals surface area (Å²) in [5.41, 5.74) is 0.396. The number of aromatic nitrogens is 1. The molecule has 0 amide bonds. The number of nitrogens with zero attached hydrogens (tertiary/aromatic N) is 1. The fourth-order valence-corrected chi connectivity index (χ4v) is 1.01. The quantitative estimate of drug-likeness (QED) is 0.527. The number of carbonyl (C=O) groups is 1. The van der Waals surface area contributed by atoms with Crippen LogP contribution in [0.4, 0.5) is 5.69 Å². The van der Waals surface area contributed by atoms with E-state index in [1.165, 1.54) is 18.5 Å². The minimum Gasteiger partial charge on any atom is -0.478 e. The van der Waals surface area contributed by atoms with Crippen molar-refractivity contribution in [2.45, 2.75) is 6.10 Å². The Balaban J connectivity index is 2.72. The molecule has 6 heteroatoms. The van der Waals surface area contributed by atoms with Gasteiger partial charge in [-0.05, 0) is 6.07 Å². The number of pyridine rings is 1. The highest BCUT2D eigenvalue weighted by atomic mass is 16.4. The summed E-state index contributed by atoms with van der Waals surface area (Å²) in [6.45, 7) is -0.290. The number of carboxylic acid groups (broad SMARTS) is 1. The summed E-state index contributed by atoms with van der Waals surface area (Å²) < 4.78 is 0. The molecule has 0 radical (unpaired) electrons. The zero-order valence-corrected chi connectivity index (χ0v) is 7.92. The maximum Gasteiger partial charge on any atom is 0.339 e. The molecule has 0 aliphatic carbocycles. The molecule has 0 aliphatic rings. The molecule has 0 saturated carbocycles. The van der Waals surface area contributed by atoms with Crippen LogP contribution in [0.15, 0.2) is 18.5 Å². The maximum atomic E-state index is 10.7. The Morgan fingerprint density at radius 3 is 2.93 bits per heavy atom. The van der Waals surface area contributed by atoms with Gasteiger partial charge in [-0.2, -0.15) is 0 Å². The number of rotatable bonds is 5. The number of nitrogens with one attached hydrogen (secondary N) is 1. The smallest absolute Gasteiger partial charge is 0.339 e. The van der Waals surface area contributed by atoms with Crippen molar-refractivity contribution in [3.8, 4) is 0 Å². The van der Waals surface area contributed by atoms with Gasteiger partial charge in [0.2, 0.25) is 0 Å². The topological polar surface area (TPSA) is 103 Å². The van der Waals surface area contributed by atoms with E-state index in [-0.39, 0.29) is 18.7 Å². The van der Waals surface area contributed by atoms with Crippen LogP contribution in [0.2, 0.25) is 0 Å². The average molecular weight is 212 g/mol. The third-order valence-corrected chi connectivity index (χ3v) is 1.79. The van der Waals surface area contributed by atoms with Crippen LogP contribution in [0, 0.1) is 0 Å². The molecular weight excluding hydrogens is 200 g/mol. The van der Waals surface area contributed by atoms with Crippen molar-refractivity contribution in [2.75, 3.05) is 18.5 Å². The summed E-state index contributed by atoms with van der Waals surface area (Å²) in [5.74, 6) is -1.09. The molecule has 82 valence electrons. The van der Waals surface area contributed by atoms with Crippen molar-refractivity contribution in [2.24, 2.45) is 0 Å². The van der Waals surface area contributed by atoms with E-state index in [4.69, 9.17) is 15.3 Å². The van der Waals surface area contributed by atoms with Crippen molar-refractivity contribution in [1.29, 1.82) is 0 Å². The van der Waals surface area contributed by atoms with Gasteiger partial charge in [-0.25, -0.2) is 4.79 Å². The Labute approximate surface area is 86.2 Å². The van der Waals surface area contributed by atoms with Crippen LogP contribution < -0.4 is 5.32 Å². The third kappa shape index (κ3) is 3.19. The molecule has 1 atom stereocenters. The fourth-order valence-electron chi connectivity index (χ4n) is 1.01. The van der Waals surface area contributed by atoms with Crippen molar-refractivity contribution < 1.29 is 20.1 Å². The second-order valence-corrected chi connectivity index (χ2v) is 2.94. The Morgan fingerprint density at radius 2 is 2.33 bits per heavy atom. The minimum atomic E-state index is -1.09. The van der Waals surface area contributed by atoms with E-state index in [0.29, 0.717) is 5.69 Å². The first-order valence-corrected chi connectivity index (χ1v) is 4.35. The van der Waals surface area contributed by atoms with Crippen LogP contribution in [-0.2, 0) is 0 Å². The fraction of sp³-hybridized carbons (Fsp3) is 0.333. The van der Waals surface area contributed by atoms with Gasteiger partial charge in [-0.15, -0.1) is 0 Å². The standard InChI is InChI=1S/C9H12N2O4/c12-5-6(13)3-11-8-1-2-10-4-7(8)9(14)15/h1-2,4,6,12-13H,3,5H2,(H,10,11)(H,14,15). The highest BCUT2D eigenvalue weighted by Gasteiger charge is 2.10. The van der Waals surface area contributed by atoms with Gasteiger partial charge in [-0.3, -0.25) is 4.98 Å². The summed E-state index contributed by atoms with van der Waals surface area (Å²) in [6.07, 6.45) is 1.75. The number of hydrogen-bond donors (Lipinski definition) is 4. The maximum absolute atomic E-state index is 10.7. The van der Waals surface area contributed by atoms with E-state index in [1.54, 1.807) is 0 Å². The van der Waals surface area contributed by atoms with Crippen LogP contribution in [0.5, 0.6) is 0 Å². The number of carboxylic acids is 1. The molecular formula is C9H12N2O4. The summed E-state index contributed by atoms with van der Waals surface area (Å²) in [6, 6.07) is 1.49. The normalized spacial score (nSPS) is 12.1. The van der Waals surface area contributed by atoms with Crippen LogP contribution in [-0.4, -0.2) is 45.5 Å². The lowest BCUT2D eigenvalue weighted by Crippen LogP contribution is -2.23. The minimum absolute atomic E-state index is 0.0302. The predicted octanol–water partition coefficient (Wildman–Crippen LogP) is -0.455. The first-order chi connectivity index (χ1) is 7.15. The van der Waals surface area contributed by atoms with Crippen molar-refractivity contribution in [3.05, 3.63) is 24.0 Å². The lowest BCUT2D eigenvalue weighted by atomic mass is 10.2. The molecule has 6 nitrogen and oxygen atoms in total. The molecule has 1 rings (SSSR count). The van der Waals surface area contributed by atoms with E-state index in [9.17, 15) is 4.79 Å². The molecule has 0 aromatic carbocycles. The van der Waals surface area contributed by atoms with Gasteiger partial charge >= 0.3 is 5.97 Å².